The van der Waals surface area contributed by atoms with Gasteiger partial charge in [0.05, 0.1) is 24.8 Å². The molecule has 0 unspecified atom stereocenters. The Morgan fingerprint density at radius 2 is 0.870 bits per heavy atom. The van der Waals surface area contributed by atoms with Gasteiger partial charge in [-0.15, -0.1) is 0 Å². The SMILES string of the molecule is C1CCCC1.[Cl-].[Cl-].[Fe].[I-].c1cnc(-[n+]2ccc(-c3cc[n+](CCCCC4CCCC4)cc3)cc2)nc1.c1cnc(-[n+]2ccc(-c3ccncc3)cc2)nc1. The summed E-state index contributed by atoms with van der Waals surface area (Å²) in [5, 5.41) is 0. The van der Waals surface area contributed by atoms with Crippen LogP contribution in [0.2, 0.25) is 0 Å². The molecule has 0 atom stereocenters. The van der Waals surface area contributed by atoms with Crippen LogP contribution in [0.4, 0.5) is 0 Å². The van der Waals surface area contributed by atoms with Crippen LogP contribution in [-0.4, -0.2) is 24.9 Å². The van der Waals surface area contributed by atoms with E-state index in [0.717, 1.165) is 23.6 Å². The Morgan fingerprint density at radius 3 is 1.30 bits per heavy atom. The molecule has 2 aliphatic carbocycles. The van der Waals surface area contributed by atoms with Gasteiger partial charge in [-0.1, -0.05) is 84.1 Å². The number of halogens is 3. The number of hydrogen-bond donors (Lipinski definition) is 0. The molecule has 8 nitrogen and oxygen atoms in total. The van der Waals surface area contributed by atoms with Crippen molar-refractivity contribution in [1.29, 1.82) is 0 Å². The number of rotatable bonds is 9. The van der Waals surface area contributed by atoms with Gasteiger partial charge in [-0.2, -0.15) is 0 Å². The molecule has 0 aliphatic heterocycles. The maximum absolute atomic E-state index is 4.27. The van der Waals surface area contributed by atoms with Crippen molar-refractivity contribution in [1.82, 2.24) is 24.9 Å². The van der Waals surface area contributed by atoms with E-state index in [4.69, 9.17) is 0 Å². The van der Waals surface area contributed by atoms with Crippen molar-refractivity contribution in [3.63, 3.8) is 0 Å². The number of nitrogens with zero attached hydrogens (tertiary/aromatic N) is 8. The van der Waals surface area contributed by atoms with Gasteiger partial charge < -0.3 is 48.8 Å². The van der Waals surface area contributed by atoms with E-state index in [-0.39, 0.29) is 65.9 Å². The van der Waals surface area contributed by atoms with E-state index >= 15 is 0 Å². The molecule has 286 valence electrons. The van der Waals surface area contributed by atoms with Crippen LogP contribution >= 0.6 is 0 Å². The Hall–Kier alpha value is -3.41. The molecule has 0 saturated heterocycles. The fourth-order valence-corrected chi connectivity index (χ4v) is 6.61. The average Bonchev–Trinajstić information content (AvgIpc) is 3.97. The molecule has 54 heavy (non-hydrogen) atoms. The molecule has 2 saturated carbocycles. The monoisotopic (exact) mass is 918 g/mol. The molecule has 6 aromatic heterocycles. The van der Waals surface area contributed by atoms with Gasteiger partial charge in [-0.3, -0.25) is 4.98 Å². The van der Waals surface area contributed by atoms with Crippen LogP contribution in [-0.2, 0) is 23.6 Å². The van der Waals surface area contributed by atoms with Crippen LogP contribution in [0.1, 0.15) is 77.0 Å². The Kier molecular flexibility index (Phi) is 22.9. The molecule has 0 spiro atoms. The molecule has 2 fully saturated rings. The summed E-state index contributed by atoms with van der Waals surface area (Å²) in [6.45, 7) is 1.12. The first kappa shape index (κ1) is 46.7. The van der Waals surface area contributed by atoms with Crippen molar-refractivity contribution in [3.8, 4) is 34.2 Å². The topological polar surface area (TPSA) is 76.1 Å². The molecule has 8 rings (SSSR count). The third-order valence-electron chi connectivity index (χ3n) is 9.47. The minimum Gasteiger partial charge on any atom is -1.00 e. The summed E-state index contributed by atoms with van der Waals surface area (Å²) in [5.41, 5.74) is 4.73. The van der Waals surface area contributed by atoms with Crippen molar-refractivity contribution in [2.45, 2.75) is 83.6 Å². The second-order valence-electron chi connectivity index (χ2n) is 13.1. The van der Waals surface area contributed by atoms with Gasteiger partial charge in [0.1, 0.15) is 31.3 Å². The van der Waals surface area contributed by atoms with Crippen molar-refractivity contribution in [2.75, 3.05) is 0 Å². The van der Waals surface area contributed by atoms with Crippen molar-refractivity contribution >= 4 is 0 Å². The van der Waals surface area contributed by atoms with E-state index in [9.17, 15) is 0 Å². The van der Waals surface area contributed by atoms with E-state index in [1.807, 2.05) is 64.3 Å². The number of aryl methyl sites for hydroxylation is 1. The molecule has 6 aromatic rings. The molecule has 0 radical (unpaired) electrons. The number of unbranched alkanes of at least 4 members (excludes halogenated alkanes) is 1. The fourth-order valence-electron chi connectivity index (χ4n) is 6.61. The maximum atomic E-state index is 4.27. The molecule has 0 N–H and O–H groups in total. The molecular weight excluding hydrogens is 870 g/mol. The first-order valence-electron chi connectivity index (χ1n) is 18.3. The van der Waals surface area contributed by atoms with E-state index in [0.29, 0.717) is 11.9 Å². The predicted molar refractivity (Wildman–Crippen MR) is 195 cm³/mol. The summed E-state index contributed by atoms with van der Waals surface area (Å²) in [6.07, 6.45) is 40.3. The second-order valence-corrected chi connectivity index (χ2v) is 13.1. The smallest absolute Gasteiger partial charge is 0.437 e. The Bertz CT molecular complexity index is 1750. The fraction of sp³-hybridized carbons (Fsp3) is 0.333. The molecule has 0 amide bonds. The normalized spacial score (nSPS) is 12.9. The van der Waals surface area contributed by atoms with Gasteiger partial charge in [0.25, 0.3) is 0 Å². The van der Waals surface area contributed by atoms with Crippen LogP contribution < -0.4 is 62.5 Å². The first-order chi connectivity index (χ1) is 24.8. The minimum absolute atomic E-state index is 0. The van der Waals surface area contributed by atoms with Crippen LogP contribution in [0.25, 0.3) is 34.2 Å². The Morgan fingerprint density at radius 1 is 0.481 bits per heavy atom. The van der Waals surface area contributed by atoms with Crippen LogP contribution in [0, 0.1) is 5.92 Å². The van der Waals surface area contributed by atoms with Gasteiger partial charge in [0, 0.05) is 60.1 Å². The standard InChI is InChI=1S/C23H28N4.C14H11N4.C5H10.2ClH.Fe.HI/c1-2-7-20(6-1)8-3-4-15-26-16-9-21(10-17-26)22-11-18-27(19-12-22)23-24-13-5-14-25-23;1-6-16-14(17-7-1)18-10-4-13(5-11-18)12-2-8-15-9-3-12;1-2-4-5-3-1;;;;/h5,9-14,16-20H,1-4,6-8,15H2;1-11H;1-5H2;2*1H;;1H/q+2;+1;;;;;/p-3. The summed E-state index contributed by atoms with van der Waals surface area (Å²) in [7, 11) is 0. The average molecular weight is 920 g/mol. The van der Waals surface area contributed by atoms with E-state index in [2.05, 4.69) is 66.1 Å². The van der Waals surface area contributed by atoms with Crippen LogP contribution in [0.15, 0.2) is 135 Å². The molecule has 12 heteroatoms. The second kappa shape index (κ2) is 26.4. The van der Waals surface area contributed by atoms with Crippen molar-refractivity contribution in [3.05, 3.63) is 135 Å². The quantitative estimate of drug-likeness (QED) is 0.0794. The van der Waals surface area contributed by atoms with Gasteiger partial charge in [0.15, 0.2) is 12.4 Å². The summed E-state index contributed by atoms with van der Waals surface area (Å²) >= 11 is 0. The summed E-state index contributed by atoms with van der Waals surface area (Å²) in [5.74, 6) is 2.37. The van der Waals surface area contributed by atoms with Crippen LogP contribution in [0.5, 0.6) is 0 Å². The van der Waals surface area contributed by atoms with Gasteiger partial charge in [-0.25, -0.2) is 13.7 Å². The largest absolute Gasteiger partial charge is 1.00 e. The zero-order valence-corrected chi connectivity index (χ0v) is 35.3. The predicted octanol–water partition coefficient (Wildman–Crippen LogP) is -1.16. The third kappa shape index (κ3) is 15.0. The zero-order chi connectivity index (χ0) is 34.1. The van der Waals surface area contributed by atoms with Gasteiger partial charge in [0.2, 0.25) is 0 Å². The molecule has 0 bridgehead atoms. The molecule has 0 aromatic carbocycles. The van der Waals surface area contributed by atoms with E-state index in [1.54, 1.807) is 43.2 Å². The number of aromatic nitrogens is 8. The summed E-state index contributed by atoms with van der Waals surface area (Å²) in [6, 6.07) is 20.3. The summed E-state index contributed by atoms with van der Waals surface area (Å²) in [4.78, 5) is 20.9. The molecule has 2 aliphatic rings. The number of hydrogen-bond acceptors (Lipinski definition) is 5. The Balaban J connectivity index is 0.000000324. The van der Waals surface area contributed by atoms with Gasteiger partial charge >= 0.3 is 11.9 Å². The van der Waals surface area contributed by atoms with E-state index in [1.165, 1.54) is 88.2 Å². The third-order valence-corrected chi connectivity index (χ3v) is 9.47. The number of pyridine rings is 4. The van der Waals surface area contributed by atoms with Crippen LogP contribution in [0.3, 0.4) is 0 Å². The minimum atomic E-state index is 0. The van der Waals surface area contributed by atoms with Crippen molar-refractivity contribution in [2.24, 2.45) is 5.92 Å². The molecular formula is C42H49Cl2FeIN8. The molecule has 6 heterocycles. The maximum Gasteiger partial charge on any atom is 0.437 e. The summed E-state index contributed by atoms with van der Waals surface area (Å²) < 4.78 is 6.11. The van der Waals surface area contributed by atoms with Crippen molar-refractivity contribution < 1.29 is 79.6 Å². The zero-order valence-electron chi connectivity index (χ0n) is 30.5. The Labute approximate surface area is 360 Å². The van der Waals surface area contributed by atoms with Gasteiger partial charge in [-0.05, 0) is 71.0 Å². The van der Waals surface area contributed by atoms with E-state index < -0.39 is 0 Å². The first-order valence-corrected chi connectivity index (χ1v) is 18.3.